The smallest absolute Gasteiger partial charge is 0.422 e. The highest BCUT2D eigenvalue weighted by molar-refractivity contribution is 7.13. The van der Waals surface area contributed by atoms with E-state index in [1.54, 1.807) is 43.3 Å². The van der Waals surface area contributed by atoms with Crippen LogP contribution in [0.15, 0.2) is 66.2 Å². The van der Waals surface area contributed by atoms with Crippen LogP contribution in [0.5, 0.6) is 0 Å². The number of hydrazine groups is 1. The van der Waals surface area contributed by atoms with Gasteiger partial charge in [-0.15, -0.1) is 11.3 Å². The van der Waals surface area contributed by atoms with E-state index < -0.39 is 23.8 Å². The minimum Gasteiger partial charge on any atom is -0.443 e. The SMILES string of the molecule is CC(C)(C)OC(=O)NN(Cc1ccc(-c2nccs2)cc1)C[C@H](O)[C@@H](N)Cc1ccccc1. The maximum atomic E-state index is 12.4. The normalized spacial score (nSPS) is 13.5. The molecular formula is C25H32N4O3S. The molecule has 1 aromatic heterocycles. The second-order valence-corrected chi connectivity index (χ2v) is 9.84. The first-order valence-corrected chi connectivity index (χ1v) is 11.8. The third-order valence-corrected chi connectivity index (χ3v) is 5.69. The number of aliphatic hydroxyl groups is 1. The Morgan fingerprint density at radius 1 is 1.15 bits per heavy atom. The first kappa shape index (κ1) is 24.9. The molecule has 0 aliphatic carbocycles. The Hall–Kier alpha value is -2.78. The number of carbonyl (C=O) groups is 1. The van der Waals surface area contributed by atoms with Gasteiger partial charge in [0.15, 0.2) is 0 Å². The molecule has 0 aliphatic rings. The number of nitrogens with two attached hydrogens (primary N) is 1. The number of carbonyl (C=O) groups excluding carboxylic acids is 1. The Kier molecular flexibility index (Phi) is 8.57. The summed E-state index contributed by atoms with van der Waals surface area (Å²) in [6.45, 7) is 5.95. The largest absolute Gasteiger partial charge is 0.443 e. The minimum atomic E-state index is -0.852. The number of nitrogens with zero attached hydrogens (tertiary/aromatic N) is 2. The predicted octanol–water partition coefficient (Wildman–Crippen LogP) is 3.98. The molecule has 3 rings (SSSR count). The summed E-state index contributed by atoms with van der Waals surface area (Å²) < 4.78 is 5.40. The first-order valence-electron chi connectivity index (χ1n) is 10.9. The van der Waals surface area contributed by atoms with Crippen molar-refractivity contribution < 1.29 is 14.6 Å². The fraction of sp³-hybridized carbons (Fsp3) is 0.360. The van der Waals surface area contributed by atoms with Crippen LogP contribution >= 0.6 is 11.3 Å². The van der Waals surface area contributed by atoms with Crippen LogP contribution in [-0.2, 0) is 17.7 Å². The lowest BCUT2D eigenvalue weighted by atomic mass is 10.0. The van der Waals surface area contributed by atoms with Gasteiger partial charge in [-0.2, -0.15) is 0 Å². The minimum absolute atomic E-state index is 0.154. The number of benzene rings is 2. The molecule has 3 aromatic rings. The van der Waals surface area contributed by atoms with Gasteiger partial charge in [0.05, 0.1) is 6.10 Å². The van der Waals surface area contributed by atoms with E-state index in [1.165, 1.54) is 0 Å². The number of hydrogen-bond donors (Lipinski definition) is 3. The first-order chi connectivity index (χ1) is 15.7. The van der Waals surface area contributed by atoms with Crippen molar-refractivity contribution in [2.75, 3.05) is 6.54 Å². The summed E-state index contributed by atoms with van der Waals surface area (Å²) in [5.74, 6) is 0. The van der Waals surface area contributed by atoms with Crippen LogP contribution in [0.4, 0.5) is 4.79 Å². The summed E-state index contributed by atoms with van der Waals surface area (Å²) >= 11 is 1.58. The molecule has 0 bridgehead atoms. The van der Waals surface area contributed by atoms with Crippen molar-refractivity contribution in [3.05, 3.63) is 77.3 Å². The van der Waals surface area contributed by atoms with Gasteiger partial charge in [-0.05, 0) is 38.3 Å². The Bertz CT molecular complexity index is 989. The quantitative estimate of drug-likeness (QED) is 0.411. The Labute approximate surface area is 199 Å². The van der Waals surface area contributed by atoms with Crippen LogP contribution in [0.25, 0.3) is 10.6 Å². The molecule has 0 saturated heterocycles. The Morgan fingerprint density at radius 3 is 2.45 bits per heavy atom. The number of nitrogens with one attached hydrogen (secondary N) is 1. The molecule has 0 radical (unpaired) electrons. The lowest BCUT2D eigenvalue weighted by molar-refractivity contribution is 0.0171. The van der Waals surface area contributed by atoms with Gasteiger partial charge in [0.2, 0.25) is 0 Å². The highest BCUT2D eigenvalue weighted by Gasteiger charge is 2.23. The zero-order chi connectivity index (χ0) is 23.8. The maximum absolute atomic E-state index is 12.4. The van der Waals surface area contributed by atoms with Gasteiger partial charge in [-0.25, -0.2) is 14.8 Å². The van der Waals surface area contributed by atoms with E-state index in [1.807, 2.05) is 60.0 Å². The molecule has 176 valence electrons. The highest BCUT2D eigenvalue weighted by atomic mass is 32.1. The van der Waals surface area contributed by atoms with E-state index in [4.69, 9.17) is 10.5 Å². The van der Waals surface area contributed by atoms with Gasteiger partial charge in [0.1, 0.15) is 10.6 Å². The molecule has 2 atom stereocenters. The number of amides is 1. The lowest BCUT2D eigenvalue weighted by Crippen LogP contribution is -2.51. The zero-order valence-electron chi connectivity index (χ0n) is 19.3. The third kappa shape index (κ3) is 8.25. The third-order valence-electron chi connectivity index (χ3n) is 4.87. The van der Waals surface area contributed by atoms with E-state index in [9.17, 15) is 9.90 Å². The number of ether oxygens (including phenoxy) is 1. The van der Waals surface area contributed by atoms with E-state index >= 15 is 0 Å². The maximum Gasteiger partial charge on any atom is 0.422 e. The number of aliphatic hydroxyl groups excluding tert-OH is 1. The van der Waals surface area contributed by atoms with Crippen molar-refractivity contribution in [2.45, 2.75) is 51.5 Å². The van der Waals surface area contributed by atoms with E-state index in [2.05, 4.69) is 10.4 Å². The van der Waals surface area contributed by atoms with Crippen molar-refractivity contribution in [1.82, 2.24) is 15.4 Å². The summed E-state index contributed by atoms with van der Waals surface area (Å²) in [5, 5.41) is 15.3. The van der Waals surface area contributed by atoms with Crippen molar-refractivity contribution in [1.29, 1.82) is 0 Å². The molecule has 0 unspecified atom stereocenters. The number of thiazole rings is 1. The highest BCUT2D eigenvalue weighted by Crippen LogP contribution is 2.22. The summed E-state index contributed by atoms with van der Waals surface area (Å²) in [7, 11) is 0. The molecule has 0 saturated carbocycles. The van der Waals surface area contributed by atoms with Crippen LogP contribution in [0.1, 0.15) is 31.9 Å². The fourth-order valence-electron chi connectivity index (χ4n) is 3.30. The molecule has 4 N–H and O–H groups in total. The summed E-state index contributed by atoms with van der Waals surface area (Å²) in [6.07, 6.45) is 0.881. The molecule has 1 heterocycles. The molecule has 7 nitrogen and oxygen atoms in total. The molecule has 0 fully saturated rings. The van der Waals surface area contributed by atoms with Gasteiger partial charge in [-0.3, -0.25) is 5.43 Å². The second-order valence-electron chi connectivity index (χ2n) is 8.95. The molecule has 0 spiro atoms. The van der Waals surface area contributed by atoms with Gasteiger partial charge in [0.25, 0.3) is 0 Å². The molecular weight excluding hydrogens is 436 g/mol. The van der Waals surface area contributed by atoms with Gasteiger partial charge >= 0.3 is 6.09 Å². The van der Waals surface area contributed by atoms with E-state index in [-0.39, 0.29) is 6.54 Å². The van der Waals surface area contributed by atoms with Crippen LogP contribution in [-0.4, -0.2) is 45.5 Å². The Balaban J connectivity index is 1.67. The molecule has 2 aromatic carbocycles. The number of aromatic nitrogens is 1. The van der Waals surface area contributed by atoms with Crippen molar-refractivity contribution in [3.8, 4) is 10.6 Å². The predicted molar refractivity (Wildman–Crippen MR) is 131 cm³/mol. The summed E-state index contributed by atoms with van der Waals surface area (Å²) in [4.78, 5) is 16.7. The summed E-state index contributed by atoms with van der Waals surface area (Å²) in [6, 6.07) is 17.3. The van der Waals surface area contributed by atoms with Crippen molar-refractivity contribution in [2.24, 2.45) is 5.73 Å². The van der Waals surface area contributed by atoms with Crippen LogP contribution < -0.4 is 11.2 Å². The van der Waals surface area contributed by atoms with Gasteiger partial charge in [-0.1, -0.05) is 54.6 Å². The molecule has 0 aliphatic heterocycles. The molecule has 8 heteroatoms. The van der Waals surface area contributed by atoms with E-state index in [0.717, 1.165) is 21.7 Å². The lowest BCUT2D eigenvalue weighted by Gasteiger charge is -2.29. The van der Waals surface area contributed by atoms with Crippen LogP contribution in [0.3, 0.4) is 0 Å². The molecule has 1 amide bonds. The average Bonchev–Trinajstić information content (AvgIpc) is 3.28. The van der Waals surface area contributed by atoms with Crippen molar-refractivity contribution in [3.63, 3.8) is 0 Å². The van der Waals surface area contributed by atoms with E-state index in [0.29, 0.717) is 13.0 Å². The number of rotatable bonds is 9. The van der Waals surface area contributed by atoms with Crippen LogP contribution in [0.2, 0.25) is 0 Å². The van der Waals surface area contributed by atoms with Gasteiger partial charge < -0.3 is 15.6 Å². The monoisotopic (exact) mass is 468 g/mol. The Morgan fingerprint density at radius 2 is 1.85 bits per heavy atom. The average molecular weight is 469 g/mol. The topological polar surface area (TPSA) is 101 Å². The van der Waals surface area contributed by atoms with Gasteiger partial charge in [0, 0.05) is 36.3 Å². The second kappa shape index (κ2) is 11.4. The zero-order valence-corrected chi connectivity index (χ0v) is 20.1. The van der Waals surface area contributed by atoms with Crippen molar-refractivity contribution >= 4 is 17.4 Å². The standard InChI is InChI=1S/C25H32N4O3S/c1-25(2,3)32-24(31)28-29(17-22(30)21(26)15-18-7-5-4-6-8-18)16-19-9-11-20(12-10-19)23-27-13-14-33-23/h4-14,21-22,30H,15-17,26H2,1-3H3,(H,28,31)/t21-,22-/m0/s1. The van der Waals surface area contributed by atoms with Crippen LogP contribution in [0, 0.1) is 0 Å². The fourth-order valence-corrected chi connectivity index (χ4v) is 3.95. The molecule has 33 heavy (non-hydrogen) atoms. The summed E-state index contributed by atoms with van der Waals surface area (Å²) in [5.41, 5.74) is 11.4. The number of hydrogen-bond acceptors (Lipinski definition) is 7.